The Bertz CT molecular complexity index is 260. The van der Waals surface area contributed by atoms with Gasteiger partial charge in [0.25, 0.3) is 0 Å². The summed E-state index contributed by atoms with van der Waals surface area (Å²) >= 11 is 0. The van der Waals surface area contributed by atoms with Gasteiger partial charge in [0, 0.05) is 12.7 Å². The summed E-state index contributed by atoms with van der Waals surface area (Å²) in [4.78, 5) is 19.9. The van der Waals surface area contributed by atoms with E-state index in [-0.39, 0.29) is 6.16 Å². The number of carbonyl (C=O) groups is 1. The van der Waals surface area contributed by atoms with Crippen molar-refractivity contribution in [3.05, 3.63) is 12.2 Å². The van der Waals surface area contributed by atoms with Gasteiger partial charge in [-0.05, 0) is 12.8 Å². The SMILES string of the molecule is C=C(CCCP(=O)(O)OC)C(=O)OC. The van der Waals surface area contributed by atoms with Crippen LogP contribution in [0.5, 0.6) is 0 Å². The van der Waals surface area contributed by atoms with Gasteiger partial charge in [0.2, 0.25) is 0 Å². The highest BCUT2D eigenvalue weighted by molar-refractivity contribution is 7.52. The second kappa shape index (κ2) is 5.96. The Hall–Kier alpha value is -0.640. The highest BCUT2D eigenvalue weighted by Gasteiger charge is 2.17. The summed E-state index contributed by atoms with van der Waals surface area (Å²) in [5, 5.41) is 0. The molecule has 6 heteroatoms. The lowest BCUT2D eigenvalue weighted by atomic mass is 10.2. The van der Waals surface area contributed by atoms with Crippen LogP contribution < -0.4 is 0 Å². The summed E-state index contributed by atoms with van der Waals surface area (Å²) in [6.45, 7) is 3.48. The molecule has 0 aromatic rings. The fourth-order valence-corrected chi connectivity index (χ4v) is 1.57. The third-order valence-electron chi connectivity index (χ3n) is 1.68. The van der Waals surface area contributed by atoms with E-state index in [1.165, 1.54) is 14.2 Å². The Morgan fingerprint density at radius 2 is 2.07 bits per heavy atom. The third-order valence-corrected chi connectivity index (χ3v) is 3.13. The van der Waals surface area contributed by atoms with Crippen LogP contribution in [0, 0.1) is 0 Å². The highest BCUT2D eigenvalue weighted by Crippen LogP contribution is 2.41. The summed E-state index contributed by atoms with van der Waals surface area (Å²) in [5.74, 6) is -0.491. The number of carbonyl (C=O) groups excluding carboxylic acids is 1. The predicted molar refractivity (Wildman–Crippen MR) is 52.1 cm³/mol. The fourth-order valence-electron chi connectivity index (χ4n) is 0.830. The van der Waals surface area contributed by atoms with Crippen LogP contribution in [-0.2, 0) is 18.6 Å². The first kappa shape index (κ1) is 13.4. The Kier molecular flexibility index (Phi) is 5.69. The summed E-state index contributed by atoms with van der Waals surface area (Å²) < 4.78 is 19.8. The van der Waals surface area contributed by atoms with Crippen molar-refractivity contribution < 1.29 is 23.5 Å². The number of ether oxygens (including phenoxy) is 1. The Balaban J connectivity index is 3.81. The Labute approximate surface area is 83.3 Å². The fraction of sp³-hybridized carbons (Fsp3) is 0.625. The summed E-state index contributed by atoms with van der Waals surface area (Å²) in [6, 6.07) is 0. The minimum absolute atomic E-state index is 0.0134. The average Bonchev–Trinajstić information content (AvgIpc) is 2.16. The maximum Gasteiger partial charge on any atom is 0.333 e. The van der Waals surface area contributed by atoms with E-state index in [1.54, 1.807) is 0 Å². The molecule has 0 bridgehead atoms. The van der Waals surface area contributed by atoms with Crippen LogP contribution in [0.3, 0.4) is 0 Å². The maximum absolute atomic E-state index is 11.0. The zero-order valence-electron chi connectivity index (χ0n) is 8.36. The number of methoxy groups -OCH3 is 1. The highest BCUT2D eigenvalue weighted by atomic mass is 31.2. The van der Waals surface area contributed by atoms with Crippen LogP contribution in [0.15, 0.2) is 12.2 Å². The van der Waals surface area contributed by atoms with Crippen molar-refractivity contribution >= 4 is 13.6 Å². The number of esters is 1. The van der Waals surface area contributed by atoms with Gasteiger partial charge in [-0.2, -0.15) is 0 Å². The van der Waals surface area contributed by atoms with E-state index >= 15 is 0 Å². The van der Waals surface area contributed by atoms with Crippen molar-refractivity contribution in [2.75, 3.05) is 20.4 Å². The van der Waals surface area contributed by atoms with Gasteiger partial charge in [0.1, 0.15) is 0 Å². The van der Waals surface area contributed by atoms with Crippen LogP contribution in [0.25, 0.3) is 0 Å². The van der Waals surface area contributed by atoms with Crippen LogP contribution in [0.2, 0.25) is 0 Å². The lowest BCUT2D eigenvalue weighted by molar-refractivity contribution is -0.136. The van der Waals surface area contributed by atoms with E-state index in [2.05, 4.69) is 15.8 Å². The molecule has 0 saturated heterocycles. The Morgan fingerprint density at radius 1 is 1.50 bits per heavy atom. The van der Waals surface area contributed by atoms with E-state index in [1.807, 2.05) is 0 Å². The first-order valence-corrected chi connectivity index (χ1v) is 5.83. The van der Waals surface area contributed by atoms with Gasteiger partial charge in [-0.25, -0.2) is 4.79 Å². The van der Waals surface area contributed by atoms with E-state index in [9.17, 15) is 9.36 Å². The van der Waals surface area contributed by atoms with Gasteiger partial charge >= 0.3 is 13.6 Å². The number of hydrogen-bond donors (Lipinski definition) is 1. The second-order valence-corrected chi connectivity index (χ2v) is 4.83. The second-order valence-electron chi connectivity index (χ2n) is 2.74. The minimum Gasteiger partial charge on any atom is -0.466 e. The smallest absolute Gasteiger partial charge is 0.333 e. The molecule has 0 aromatic heterocycles. The molecule has 5 nitrogen and oxygen atoms in total. The van der Waals surface area contributed by atoms with Crippen molar-refractivity contribution in [3.8, 4) is 0 Å². The summed E-state index contributed by atoms with van der Waals surface area (Å²) in [5.41, 5.74) is 0.295. The molecule has 0 saturated carbocycles. The zero-order chi connectivity index (χ0) is 11.2. The molecule has 0 aliphatic heterocycles. The average molecular weight is 222 g/mol. The minimum atomic E-state index is -3.46. The molecule has 0 fully saturated rings. The largest absolute Gasteiger partial charge is 0.466 e. The molecule has 1 N–H and O–H groups in total. The zero-order valence-corrected chi connectivity index (χ0v) is 9.25. The molecule has 1 atom stereocenters. The molecule has 82 valence electrons. The lowest BCUT2D eigenvalue weighted by Crippen LogP contribution is -2.04. The molecule has 0 amide bonds. The van der Waals surface area contributed by atoms with Crippen LogP contribution in [0.4, 0.5) is 0 Å². The van der Waals surface area contributed by atoms with Gasteiger partial charge in [-0.1, -0.05) is 6.58 Å². The predicted octanol–water partition coefficient (Wildman–Crippen LogP) is 1.33. The molecule has 14 heavy (non-hydrogen) atoms. The van der Waals surface area contributed by atoms with E-state index < -0.39 is 13.6 Å². The number of hydrogen-bond acceptors (Lipinski definition) is 4. The molecular weight excluding hydrogens is 207 g/mol. The van der Waals surface area contributed by atoms with Crippen LogP contribution >= 0.6 is 7.60 Å². The molecule has 0 heterocycles. The standard InChI is InChI=1S/C8H15O5P/c1-7(8(9)12-2)5-4-6-14(10,11)13-3/h1,4-6H2,2-3H3,(H,10,11). The summed E-state index contributed by atoms with van der Waals surface area (Å²) in [7, 11) is -1.02. The normalized spacial score (nSPS) is 14.5. The van der Waals surface area contributed by atoms with Crippen molar-refractivity contribution in [3.63, 3.8) is 0 Å². The molecule has 0 aliphatic carbocycles. The summed E-state index contributed by atoms with van der Waals surface area (Å²) in [6.07, 6.45) is 0.718. The third kappa shape index (κ3) is 5.17. The molecule has 0 aromatic carbocycles. The van der Waals surface area contributed by atoms with Crippen LogP contribution in [0.1, 0.15) is 12.8 Å². The molecule has 1 unspecified atom stereocenters. The van der Waals surface area contributed by atoms with E-state index in [4.69, 9.17) is 4.89 Å². The monoisotopic (exact) mass is 222 g/mol. The molecule has 0 rings (SSSR count). The van der Waals surface area contributed by atoms with E-state index in [0.717, 1.165) is 0 Å². The van der Waals surface area contributed by atoms with Gasteiger partial charge < -0.3 is 14.2 Å². The van der Waals surface area contributed by atoms with Gasteiger partial charge in [0.15, 0.2) is 0 Å². The van der Waals surface area contributed by atoms with Gasteiger partial charge in [-0.15, -0.1) is 0 Å². The van der Waals surface area contributed by atoms with Crippen molar-refractivity contribution in [2.45, 2.75) is 12.8 Å². The maximum atomic E-state index is 11.0. The molecule has 0 radical (unpaired) electrons. The first-order chi connectivity index (χ1) is 6.43. The lowest BCUT2D eigenvalue weighted by Gasteiger charge is -2.08. The number of rotatable bonds is 6. The van der Waals surface area contributed by atoms with Gasteiger partial charge in [-0.3, -0.25) is 4.57 Å². The Morgan fingerprint density at radius 3 is 2.50 bits per heavy atom. The van der Waals surface area contributed by atoms with Gasteiger partial charge in [0.05, 0.1) is 13.3 Å². The topological polar surface area (TPSA) is 72.8 Å². The van der Waals surface area contributed by atoms with E-state index in [0.29, 0.717) is 18.4 Å². The van der Waals surface area contributed by atoms with Crippen molar-refractivity contribution in [2.24, 2.45) is 0 Å². The first-order valence-electron chi connectivity index (χ1n) is 4.06. The quantitative estimate of drug-likeness (QED) is 0.417. The van der Waals surface area contributed by atoms with Crippen molar-refractivity contribution in [1.29, 1.82) is 0 Å². The molecule has 0 aliphatic rings. The molecular formula is C8H15O5P. The van der Waals surface area contributed by atoms with Crippen LogP contribution in [-0.4, -0.2) is 31.2 Å². The van der Waals surface area contributed by atoms with Crippen molar-refractivity contribution in [1.82, 2.24) is 0 Å². The molecule has 0 spiro atoms.